The molecule has 1 fully saturated rings. The Morgan fingerprint density at radius 2 is 2.26 bits per heavy atom. The first-order valence-corrected chi connectivity index (χ1v) is 7.29. The molecule has 1 saturated heterocycles. The van der Waals surface area contributed by atoms with Gasteiger partial charge in [0.1, 0.15) is 5.75 Å². The van der Waals surface area contributed by atoms with Crippen LogP contribution in [0, 0.1) is 5.92 Å². The molecule has 1 aliphatic rings. The molecule has 2 rings (SSSR count). The van der Waals surface area contributed by atoms with Crippen LogP contribution in [-0.4, -0.2) is 19.7 Å². The Morgan fingerprint density at radius 3 is 2.89 bits per heavy atom. The smallest absolute Gasteiger partial charge is 0.137 e. The van der Waals surface area contributed by atoms with Crippen molar-refractivity contribution in [3.8, 4) is 5.75 Å². The summed E-state index contributed by atoms with van der Waals surface area (Å²) in [6.45, 7) is 5.19. The van der Waals surface area contributed by atoms with Gasteiger partial charge in [0.2, 0.25) is 0 Å². The molecule has 0 aliphatic carbocycles. The second kappa shape index (κ2) is 8.68. The van der Waals surface area contributed by atoms with Gasteiger partial charge >= 0.3 is 0 Å². The summed E-state index contributed by atoms with van der Waals surface area (Å²) in [5.74, 6) is 1.57. The molecule has 1 atom stereocenters. The summed E-state index contributed by atoms with van der Waals surface area (Å²) in [6, 6.07) is 6.07. The maximum Gasteiger partial charge on any atom is 0.137 e. The first kappa shape index (κ1) is 16.6. The number of ether oxygens (including phenoxy) is 1. The molecule has 1 unspecified atom stereocenters. The van der Waals surface area contributed by atoms with Gasteiger partial charge in [-0.3, -0.25) is 0 Å². The molecular formula is C15H23Cl2NO. The van der Waals surface area contributed by atoms with Gasteiger partial charge in [-0.15, -0.1) is 12.4 Å². The highest BCUT2D eigenvalue weighted by molar-refractivity contribution is 6.32. The van der Waals surface area contributed by atoms with Crippen LogP contribution < -0.4 is 10.1 Å². The number of hydrogen-bond acceptors (Lipinski definition) is 2. The van der Waals surface area contributed by atoms with Crippen molar-refractivity contribution in [2.75, 3.05) is 19.7 Å². The Morgan fingerprint density at radius 1 is 1.42 bits per heavy atom. The van der Waals surface area contributed by atoms with Gasteiger partial charge in [-0.05, 0) is 62.4 Å². The summed E-state index contributed by atoms with van der Waals surface area (Å²) >= 11 is 6.19. The van der Waals surface area contributed by atoms with E-state index in [0.29, 0.717) is 0 Å². The second-order valence-electron chi connectivity index (χ2n) is 4.97. The Hall–Kier alpha value is -0.440. The van der Waals surface area contributed by atoms with E-state index in [9.17, 15) is 0 Å². The van der Waals surface area contributed by atoms with Crippen LogP contribution in [0.3, 0.4) is 0 Å². The summed E-state index contributed by atoms with van der Waals surface area (Å²) in [4.78, 5) is 0. The fourth-order valence-corrected chi connectivity index (χ4v) is 2.64. The lowest BCUT2D eigenvalue weighted by Crippen LogP contribution is -2.30. The number of piperidine rings is 1. The predicted octanol–water partition coefficient (Wildman–Crippen LogP) is 4.09. The van der Waals surface area contributed by atoms with E-state index in [-0.39, 0.29) is 12.4 Å². The fourth-order valence-electron chi connectivity index (χ4n) is 2.39. The van der Waals surface area contributed by atoms with Gasteiger partial charge in [0, 0.05) is 0 Å². The van der Waals surface area contributed by atoms with Crippen LogP contribution in [0.25, 0.3) is 0 Å². The van der Waals surface area contributed by atoms with E-state index < -0.39 is 0 Å². The van der Waals surface area contributed by atoms with Crippen molar-refractivity contribution in [2.24, 2.45) is 5.92 Å². The highest BCUT2D eigenvalue weighted by Gasteiger charge is 2.13. The van der Waals surface area contributed by atoms with Gasteiger partial charge in [0.25, 0.3) is 0 Å². The molecule has 0 saturated carbocycles. The molecule has 0 spiro atoms. The van der Waals surface area contributed by atoms with Crippen LogP contribution in [0.2, 0.25) is 5.02 Å². The van der Waals surface area contributed by atoms with Crippen LogP contribution in [-0.2, 0) is 6.42 Å². The molecule has 1 N–H and O–H groups in total. The summed E-state index contributed by atoms with van der Waals surface area (Å²) in [7, 11) is 0. The SMILES string of the molecule is CCc1ccc(OCCC2CCCNC2)c(Cl)c1.Cl. The van der Waals surface area contributed by atoms with Crippen LogP contribution in [0.5, 0.6) is 5.75 Å². The van der Waals surface area contributed by atoms with E-state index in [4.69, 9.17) is 16.3 Å². The monoisotopic (exact) mass is 303 g/mol. The van der Waals surface area contributed by atoms with Crippen molar-refractivity contribution < 1.29 is 4.74 Å². The average molecular weight is 304 g/mol. The van der Waals surface area contributed by atoms with Crippen molar-refractivity contribution in [1.29, 1.82) is 0 Å². The van der Waals surface area contributed by atoms with E-state index in [1.165, 1.54) is 24.9 Å². The molecule has 1 aliphatic heterocycles. The Balaban J connectivity index is 0.00000180. The van der Waals surface area contributed by atoms with E-state index in [1.54, 1.807) is 0 Å². The van der Waals surface area contributed by atoms with Crippen molar-refractivity contribution in [2.45, 2.75) is 32.6 Å². The van der Waals surface area contributed by atoms with Gasteiger partial charge in [0.05, 0.1) is 11.6 Å². The Labute approximate surface area is 127 Å². The Kier molecular flexibility index (Phi) is 7.59. The van der Waals surface area contributed by atoms with Gasteiger partial charge in [-0.1, -0.05) is 24.6 Å². The van der Waals surface area contributed by atoms with Crippen molar-refractivity contribution in [1.82, 2.24) is 5.32 Å². The molecule has 1 heterocycles. The molecule has 4 heteroatoms. The van der Waals surface area contributed by atoms with Crippen molar-refractivity contribution in [3.05, 3.63) is 28.8 Å². The molecular weight excluding hydrogens is 281 g/mol. The molecule has 0 bridgehead atoms. The van der Waals surface area contributed by atoms with Gasteiger partial charge in [-0.2, -0.15) is 0 Å². The molecule has 0 amide bonds. The van der Waals surface area contributed by atoms with E-state index in [1.807, 2.05) is 12.1 Å². The molecule has 2 nitrogen and oxygen atoms in total. The maximum atomic E-state index is 6.19. The van der Waals surface area contributed by atoms with Crippen LogP contribution in [0.1, 0.15) is 31.7 Å². The highest BCUT2D eigenvalue weighted by atomic mass is 35.5. The van der Waals surface area contributed by atoms with E-state index >= 15 is 0 Å². The topological polar surface area (TPSA) is 21.3 Å². The number of halogens is 2. The number of benzene rings is 1. The lowest BCUT2D eigenvalue weighted by Gasteiger charge is -2.22. The van der Waals surface area contributed by atoms with Crippen LogP contribution >= 0.6 is 24.0 Å². The first-order valence-electron chi connectivity index (χ1n) is 6.91. The van der Waals surface area contributed by atoms with Crippen LogP contribution in [0.15, 0.2) is 18.2 Å². The minimum absolute atomic E-state index is 0. The summed E-state index contributed by atoms with van der Waals surface area (Å²) < 4.78 is 5.78. The third kappa shape index (κ3) is 5.21. The summed E-state index contributed by atoms with van der Waals surface area (Å²) in [5.41, 5.74) is 1.25. The zero-order valence-corrected chi connectivity index (χ0v) is 13.0. The average Bonchev–Trinajstić information content (AvgIpc) is 2.42. The largest absolute Gasteiger partial charge is 0.492 e. The zero-order valence-electron chi connectivity index (χ0n) is 11.5. The molecule has 0 radical (unpaired) electrons. The lowest BCUT2D eigenvalue weighted by molar-refractivity contribution is 0.254. The van der Waals surface area contributed by atoms with E-state index in [2.05, 4.69) is 18.3 Å². The molecule has 1 aromatic rings. The van der Waals surface area contributed by atoms with E-state index in [0.717, 1.165) is 42.7 Å². The molecule has 19 heavy (non-hydrogen) atoms. The second-order valence-corrected chi connectivity index (χ2v) is 5.38. The summed E-state index contributed by atoms with van der Waals surface area (Å²) in [5, 5.41) is 4.16. The van der Waals surface area contributed by atoms with Crippen molar-refractivity contribution >= 4 is 24.0 Å². The number of aryl methyl sites for hydroxylation is 1. The number of hydrogen-bond donors (Lipinski definition) is 1. The number of nitrogens with one attached hydrogen (secondary N) is 1. The van der Waals surface area contributed by atoms with Gasteiger partial charge in [-0.25, -0.2) is 0 Å². The van der Waals surface area contributed by atoms with Crippen molar-refractivity contribution in [3.63, 3.8) is 0 Å². The van der Waals surface area contributed by atoms with Crippen LogP contribution in [0.4, 0.5) is 0 Å². The molecule has 1 aromatic carbocycles. The molecule has 0 aromatic heterocycles. The fraction of sp³-hybridized carbons (Fsp3) is 0.600. The minimum atomic E-state index is 0. The molecule has 108 valence electrons. The normalized spacial score (nSPS) is 18.7. The third-order valence-electron chi connectivity index (χ3n) is 3.59. The first-order chi connectivity index (χ1) is 8.79. The Bertz CT molecular complexity index is 378. The standard InChI is InChI=1S/C15H22ClNO.ClH/c1-2-12-5-6-15(14(16)10-12)18-9-7-13-4-3-8-17-11-13;/h5-6,10,13,17H,2-4,7-9,11H2,1H3;1H. The zero-order chi connectivity index (χ0) is 12.8. The van der Waals surface area contributed by atoms with Gasteiger partial charge in [0.15, 0.2) is 0 Å². The summed E-state index contributed by atoms with van der Waals surface area (Å²) in [6.07, 6.45) is 4.72. The predicted molar refractivity (Wildman–Crippen MR) is 83.8 cm³/mol. The quantitative estimate of drug-likeness (QED) is 0.884. The highest BCUT2D eigenvalue weighted by Crippen LogP contribution is 2.26. The maximum absolute atomic E-state index is 6.19. The minimum Gasteiger partial charge on any atom is -0.492 e. The third-order valence-corrected chi connectivity index (χ3v) is 3.88. The lowest BCUT2D eigenvalue weighted by atomic mass is 9.97. The van der Waals surface area contributed by atoms with Gasteiger partial charge < -0.3 is 10.1 Å². The number of rotatable bonds is 5.